The summed E-state index contributed by atoms with van der Waals surface area (Å²) in [6.07, 6.45) is 3.13. The van der Waals surface area contributed by atoms with Gasteiger partial charge in [-0.2, -0.15) is 0 Å². The molecule has 22 heavy (non-hydrogen) atoms. The number of amides is 1. The van der Waals surface area contributed by atoms with Crippen molar-refractivity contribution < 1.29 is 19.4 Å². The third-order valence-electron chi connectivity index (χ3n) is 3.06. The lowest BCUT2D eigenvalue weighted by Crippen LogP contribution is -2.23. The maximum absolute atomic E-state index is 13.5. The molecule has 114 valence electrons. The lowest BCUT2D eigenvalue weighted by molar-refractivity contribution is -0.116. The molecule has 0 aromatic heterocycles. The Morgan fingerprint density at radius 1 is 1.14 bits per heavy atom. The SMILES string of the molecule is O=C(/C=C/c1cc(O)c(O)cc1F)NCCc1ccccc1. The van der Waals surface area contributed by atoms with Gasteiger partial charge in [0.25, 0.3) is 0 Å². The summed E-state index contributed by atoms with van der Waals surface area (Å²) >= 11 is 0. The van der Waals surface area contributed by atoms with Crippen molar-refractivity contribution in [3.63, 3.8) is 0 Å². The van der Waals surface area contributed by atoms with E-state index in [0.29, 0.717) is 13.0 Å². The van der Waals surface area contributed by atoms with Crippen molar-refractivity contribution in [3.05, 3.63) is 65.5 Å². The predicted molar refractivity (Wildman–Crippen MR) is 81.9 cm³/mol. The van der Waals surface area contributed by atoms with Gasteiger partial charge in [0.05, 0.1) is 0 Å². The predicted octanol–water partition coefficient (Wildman–Crippen LogP) is 2.61. The second-order valence-corrected chi connectivity index (χ2v) is 4.72. The summed E-state index contributed by atoms with van der Waals surface area (Å²) in [6, 6.07) is 11.6. The molecule has 5 heteroatoms. The lowest BCUT2D eigenvalue weighted by atomic mass is 10.1. The monoisotopic (exact) mass is 301 g/mol. The highest BCUT2D eigenvalue weighted by Gasteiger charge is 2.06. The summed E-state index contributed by atoms with van der Waals surface area (Å²) in [5.74, 6) is -2.06. The molecule has 0 spiro atoms. The van der Waals surface area contributed by atoms with Gasteiger partial charge in [-0.1, -0.05) is 30.3 Å². The number of nitrogens with one attached hydrogen (secondary N) is 1. The Balaban J connectivity index is 1.88. The van der Waals surface area contributed by atoms with E-state index in [1.807, 2.05) is 30.3 Å². The van der Waals surface area contributed by atoms with Gasteiger partial charge >= 0.3 is 0 Å². The van der Waals surface area contributed by atoms with E-state index in [0.717, 1.165) is 17.7 Å². The van der Waals surface area contributed by atoms with Crippen molar-refractivity contribution in [2.75, 3.05) is 6.54 Å². The van der Waals surface area contributed by atoms with Gasteiger partial charge in [0, 0.05) is 24.3 Å². The molecule has 1 amide bonds. The molecule has 4 nitrogen and oxygen atoms in total. The maximum Gasteiger partial charge on any atom is 0.244 e. The molecule has 2 aromatic carbocycles. The molecule has 0 saturated carbocycles. The maximum atomic E-state index is 13.5. The molecule has 0 atom stereocenters. The molecule has 2 rings (SSSR count). The quantitative estimate of drug-likeness (QED) is 0.587. The van der Waals surface area contributed by atoms with E-state index in [4.69, 9.17) is 5.11 Å². The summed E-state index contributed by atoms with van der Waals surface area (Å²) in [7, 11) is 0. The highest BCUT2D eigenvalue weighted by atomic mass is 19.1. The second kappa shape index (κ2) is 7.26. The topological polar surface area (TPSA) is 69.6 Å². The lowest BCUT2D eigenvalue weighted by Gasteiger charge is -2.03. The Hall–Kier alpha value is -2.82. The number of phenolic OH excluding ortho intramolecular Hbond substituents is 2. The summed E-state index contributed by atoms with van der Waals surface area (Å²) < 4.78 is 13.5. The number of carbonyl (C=O) groups is 1. The molecule has 0 unspecified atom stereocenters. The second-order valence-electron chi connectivity index (χ2n) is 4.72. The first-order valence-corrected chi connectivity index (χ1v) is 6.77. The van der Waals surface area contributed by atoms with Crippen LogP contribution < -0.4 is 5.32 Å². The van der Waals surface area contributed by atoms with Crippen molar-refractivity contribution in [1.82, 2.24) is 5.32 Å². The minimum atomic E-state index is -0.719. The van der Waals surface area contributed by atoms with E-state index < -0.39 is 17.3 Å². The van der Waals surface area contributed by atoms with Crippen LogP contribution in [0.1, 0.15) is 11.1 Å². The summed E-state index contributed by atoms with van der Waals surface area (Å²) in [5.41, 5.74) is 1.13. The van der Waals surface area contributed by atoms with E-state index >= 15 is 0 Å². The molecule has 0 aliphatic carbocycles. The van der Waals surface area contributed by atoms with E-state index in [-0.39, 0.29) is 11.5 Å². The van der Waals surface area contributed by atoms with Crippen LogP contribution in [-0.4, -0.2) is 22.7 Å². The number of hydrogen-bond acceptors (Lipinski definition) is 3. The number of rotatable bonds is 5. The van der Waals surface area contributed by atoms with Crippen molar-refractivity contribution >= 4 is 12.0 Å². The molecule has 0 aliphatic rings. The van der Waals surface area contributed by atoms with Gasteiger partial charge < -0.3 is 15.5 Å². The molecule has 0 heterocycles. The van der Waals surface area contributed by atoms with Crippen LogP contribution in [0.5, 0.6) is 11.5 Å². The Bertz CT molecular complexity index is 684. The zero-order valence-electron chi connectivity index (χ0n) is 11.8. The van der Waals surface area contributed by atoms with Crippen molar-refractivity contribution in [2.24, 2.45) is 0 Å². The average molecular weight is 301 g/mol. The first-order chi connectivity index (χ1) is 10.6. The van der Waals surface area contributed by atoms with E-state index in [1.54, 1.807) is 0 Å². The summed E-state index contributed by atoms with van der Waals surface area (Å²) in [6.45, 7) is 0.469. The van der Waals surface area contributed by atoms with E-state index in [2.05, 4.69) is 5.32 Å². The molecule has 0 aliphatic heterocycles. The van der Waals surface area contributed by atoms with Gasteiger partial charge in [0.1, 0.15) is 5.82 Å². The minimum Gasteiger partial charge on any atom is -0.504 e. The molecule has 3 N–H and O–H groups in total. The van der Waals surface area contributed by atoms with Crippen LogP contribution in [0.25, 0.3) is 6.08 Å². The Morgan fingerprint density at radius 2 is 1.82 bits per heavy atom. The molecule has 0 radical (unpaired) electrons. The first-order valence-electron chi connectivity index (χ1n) is 6.77. The van der Waals surface area contributed by atoms with Gasteiger partial charge in [-0.15, -0.1) is 0 Å². The zero-order valence-corrected chi connectivity index (χ0v) is 11.8. The van der Waals surface area contributed by atoms with Gasteiger partial charge in [0.15, 0.2) is 11.5 Å². The van der Waals surface area contributed by atoms with Gasteiger partial charge in [-0.25, -0.2) is 4.39 Å². The number of benzene rings is 2. The fourth-order valence-corrected chi connectivity index (χ4v) is 1.89. The van der Waals surface area contributed by atoms with Crippen LogP contribution in [0.15, 0.2) is 48.5 Å². The van der Waals surface area contributed by atoms with Crippen LogP contribution >= 0.6 is 0 Å². The molecule has 2 aromatic rings. The van der Waals surface area contributed by atoms with Gasteiger partial charge in [0.2, 0.25) is 5.91 Å². The Labute approximate surface area is 127 Å². The molecule has 0 saturated heterocycles. The van der Waals surface area contributed by atoms with Crippen LogP contribution in [0.2, 0.25) is 0 Å². The summed E-state index contributed by atoms with van der Waals surface area (Å²) in [4.78, 5) is 11.6. The Morgan fingerprint density at radius 3 is 2.55 bits per heavy atom. The number of carbonyl (C=O) groups excluding carboxylic acids is 1. The smallest absolute Gasteiger partial charge is 0.244 e. The highest BCUT2D eigenvalue weighted by Crippen LogP contribution is 2.27. The average Bonchev–Trinajstić information content (AvgIpc) is 2.50. The van der Waals surface area contributed by atoms with Crippen molar-refractivity contribution in [2.45, 2.75) is 6.42 Å². The largest absolute Gasteiger partial charge is 0.504 e. The fourth-order valence-electron chi connectivity index (χ4n) is 1.89. The van der Waals surface area contributed by atoms with Crippen molar-refractivity contribution in [1.29, 1.82) is 0 Å². The third-order valence-corrected chi connectivity index (χ3v) is 3.06. The van der Waals surface area contributed by atoms with Crippen molar-refractivity contribution in [3.8, 4) is 11.5 Å². The fraction of sp³-hybridized carbons (Fsp3) is 0.118. The standard InChI is InChI=1S/C17H16FNO3/c18-14-11-16(21)15(20)10-13(14)6-7-17(22)19-9-8-12-4-2-1-3-5-12/h1-7,10-11,20-21H,8-9H2,(H,19,22)/b7-6+. The van der Waals surface area contributed by atoms with Gasteiger partial charge in [-0.3, -0.25) is 4.79 Å². The number of hydrogen-bond donors (Lipinski definition) is 3. The highest BCUT2D eigenvalue weighted by molar-refractivity contribution is 5.91. The van der Waals surface area contributed by atoms with Gasteiger partial charge in [-0.05, 0) is 24.1 Å². The number of aromatic hydroxyl groups is 2. The zero-order chi connectivity index (χ0) is 15.9. The Kier molecular flexibility index (Phi) is 5.14. The van der Waals surface area contributed by atoms with Crippen LogP contribution in [0.4, 0.5) is 4.39 Å². The minimum absolute atomic E-state index is 0.0218. The first kappa shape index (κ1) is 15.6. The van der Waals surface area contributed by atoms with Crippen LogP contribution in [-0.2, 0) is 11.2 Å². The van der Waals surface area contributed by atoms with Crippen LogP contribution in [0, 0.1) is 5.82 Å². The summed E-state index contributed by atoms with van der Waals surface area (Å²) in [5, 5.41) is 21.1. The normalized spacial score (nSPS) is 10.8. The number of halogens is 1. The van der Waals surface area contributed by atoms with Crippen LogP contribution in [0.3, 0.4) is 0 Å². The number of phenols is 2. The molecule has 0 bridgehead atoms. The third kappa shape index (κ3) is 4.34. The molecule has 0 fully saturated rings. The van der Waals surface area contributed by atoms with E-state index in [9.17, 15) is 14.3 Å². The van der Waals surface area contributed by atoms with E-state index in [1.165, 1.54) is 12.2 Å². The molecular formula is C17H16FNO3. The molecular weight excluding hydrogens is 285 g/mol.